The van der Waals surface area contributed by atoms with Crippen molar-refractivity contribution in [3.05, 3.63) is 42.0 Å². The van der Waals surface area contributed by atoms with E-state index in [-0.39, 0.29) is 12.2 Å². The number of carbonyl (C=O) groups excluding carboxylic acids is 1. The first-order chi connectivity index (χ1) is 9.74. The Bertz CT molecular complexity index is 556. The van der Waals surface area contributed by atoms with Crippen LogP contribution in [0.4, 0.5) is 18.9 Å². The Hall–Kier alpha value is -2.35. The number of hydrogen-bond donors (Lipinski definition) is 3. The SMILES string of the molecule is C=CCNCC(=O)Nc1cc(C(=O)O)cc(C(F)(F)F)c1. The van der Waals surface area contributed by atoms with E-state index in [9.17, 15) is 22.8 Å². The lowest BCUT2D eigenvalue weighted by Gasteiger charge is -2.11. The van der Waals surface area contributed by atoms with Gasteiger partial charge in [0, 0.05) is 12.2 Å². The molecule has 1 rings (SSSR count). The molecule has 0 saturated carbocycles. The van der Waals surface area contributed by atoms with E-state index in [2.05, 4.69) is 17.2 Å². The molecule has 3 N–H and O–H groups in total. The van der Waals surface area contributed by atoms with E-state index in [0.717, 1.165) is 6.07 Å². The van der Waals surface area contributed by atoms with Crippen LogP contribution in [0.3, 0.4) is 0 Å². The van der Waals surface area contributed by atoms with Gasteiger partial charge in [0.25, 0.3) is 0 Å². The highest BCUT2D eigenvalue weighted by molar-refractivity contribution is 5.95. The van der Waals surface area contributed by atoms with Crippen molar-refractivity contribution in [2.24, 2.45) is 0 Å². The molecule has 0 spiro atoms. The van der Waals surface area contributed by atoms with Crippen LogP contribution in [0.1, 0.15) is 15.9 Å². The van der Waals surface area contributed by atoms with Crippen LogP contribution in [-0.4, -0.2) is 30.1 Å². The van der Waals surface area contributed by atoms with E-state index < -0.39 is 29.2 Å². The predicted octanol–water partition coefficient (Wildman–Crippen LogP) is 2.12. The molecule has 5 nitrogen and oxygen atoms in total. The Morgan fingerprint density at radius 2 is 1.95 bits per heavy atom. The molecule has 0 saturated heterocycles. The largest absolute Gasteiger partial charge is 0.478 e. The van der Waals surface area contributed by atoms with Gasteiger partial charge in [-0.3, -0.25) is 4.79 Å². The molecule has 8 heteroatoms. The van der Waals surface area contributed by atoms with Crippen molar-refractivity contribution in [1.82, 2.24) is 5.32 Å². The summed E-state index contributed by atoms with van der Waals surface area (Å²) >= 11 is 0. The fourth-order valence-corrected chi connectivity index (χ4v) is 1.48. The highest BCUT2D eigenvalue weighted by Crippen LogP contribution is 2.32. The predicted molar refractivity (Wildman–Crippen MR) is 70.1 cm³/mol. The number of amides is 1. The van der Waals surface area contributed by atoms with Gasteiger partial charge in [-0.15, -0.1) is 6.58 Å². The van der Waals surface area contributed by atoms with Gasteiger partial charge in [-0.2, -0.15) is 13.2 Å². The summed E-state index contributed by atoms with van der Waals surface area (Å²) in [4.78, 5) is 22.3. The van der Waals surface area contributed by atoms with Crippen molar-refractivity contribution in [3.8, 4) is 0 Å². The summed E-state index contributed by atoms with van der Waals surface area (Å²) in [6.07, 6.45) is -3.19. The quantitative estimate of drug-likeness (QED) is 0.555. The summed E-state index contributed by atoms with van der Waals surface area (Å²) in [6, 6.07) is 2.15. The lowest BCUT2D eigenvalue weighted by atomic mass is 10.1. The molecule has 1 aromatic carbocycles. The molecule has 0 aromatic heterocycles. The topological polar surface area (TPSA) is 78.4 Å². The molecule has 0 unspecified atom stereocenters. The minimum atomic E-state index is -4.70. The van der Waals surface area contributed by atoms with Crippen LogP contribution >= 0.6 is 0 Å². The maximum Gasteiger partial charge on any atom is 0.416 e. The summed E-state index contributed by atoms with van der Waals surface area (Å²) in [5.41, 5.74) is -1.93. The summed E-state index contributed by atoms with van der Waals surface area (Å²) in [5, 5.41) is 13.7. The van der Waals surface area contributed by atoms with Gasteiger partial charge in [-0.05, 0) is 18.2 Å². The second-order valence-corrected chi connectivity index (χ2v) is 4.07. The molecule has 114 valence electrons. The van der Waals surface area contributed by atoms with Crippen LogP contribution in [0.2, 0.25) is 0 Å². The van der Waals surface area contributed by atoms with Gasteiger partial charge in [0.1, 0.15) is 0 Å². The van der Waals surface area contributed by atoms with E-state index >= 15 is 0 Å². The third-order valence-corrected chi connectivity index (χ3v) is 2.37. The highest BCUT2D eigenvalue weighted by atomic mass is 19.4. The van der Waals surface area contributed by atoms with Crippen molar-refractivity contribution in [1.29, 1.82) is 0 Å². The Morgan fingerprint density at radius 1 is 1.29 bits per heavy atom. The van der Waals surface area contributed by atoms with Gasteiger partial charge in [0.2, 0.25) is 5.91 Å². The molecule has 0 fully saturated rings. The number of carboxylic acid groups (broad SMARTS) is 1. The van der Waals surface area contributed by atoms with Crippen LogP contribution in [-0.2, 0) is 11.0 Å². The molecule has 0 radical (unpaired) electrons. The zero-order chi connectivity index (χ0) is 16.0. The average molecular weight is 302 g/mol. The van der Waals surface area contributed by atoms with Crippen LogP contribution in [0.25, 0.3) is 0 Å². The number of aromatic carboxylic acids is 1. The number of nitrogens with one attached hydrogen (secondary N) is 2. The fourth-order valence-electron chi connectivity index (χ4n) is 1.48. The maximum absolute atomic E-state index is 12.7. The van der Waals surface area contributed by atoms with E-state index in [1.165, 1.54) is 6.08 Å². The molecule has 0 aliphatic heterocycles. The molecular formula is C13H13F3N2O3. The zero-order valence-electron chi connectivity index (χ0n) is 10.8. The Labute approximate surface area is 118 Å². The smallest absolute Gasteiger partial charge is 0.416 e. The van der Waals surface area contributed by atoms with E-state index in [1.807, 2.05) is 0 Å². The molecule has 1 aromatic rings. The first kappa shape index (κ1) is 16.7. The van der Waals surface area contributed by atoms with Crippen molar-refractivity contribution < 1.29 is 27.9 Å². The summed E-state index contributed by atoms with van der Waals surface area (Å²) in [6.45, 7) is 3.65. The van der Waals surface area contributed by atoms with Crippen molar-refractivity contribution in [2.45, 2.75) is 6.18 Å². The minimum Gasteiger partial charge on any atom is -0.478 e. The summed E-state index contributed by atoms with van der Waals surface area (Å²) in [7, 11) is 0. The average Bonchev–Trinajstić information content (AvgIpc) is 2.37. The zero-order valence-corrected chi connectivity index (χ0v) is 10.8. The van der Waals surface area contributed by atoms with Gasteiger partial charge in [0.15, 0.2) is 0 Å². The fraction of sp³-hybridized carbons (Fsp3) is 0.231. The first-order valence-electron chi connectivity index (χ1n) is 5.81. The van der Waals surface area contributed by atoms with E-state index in [0.29, 0.717) is 18.7 Å². The number of benzene rings is 1. The van der Waals surface area contributed by atoms with Gasteiger partial charge in [0.05, 0.1) is 17.7 Å². The Morgan fingerprint density at radius 3 is 2.48 bits per heavy atom. The van der Waals surface area contributed by atoms with Gasteiger partial charge < -0.3 is 15.7 Å². The second kappa shape index (κ2) is 6.89. The molecule has 1 amide bonds. The van der Waals surface area contributed by atoms with Crippen molar-refractivity contribution in [3.63, 3.8) is 0 Å². The summed E-state index contributed by atoms with van der Waals surface area (Å²) in [5.74, 6) is -2.10. The molecule has 0 atom stereocenters. The van der Waals surface area contributed by atoms with Gasteiger partial charge >= 0.3 is 12.1 Å². The maximum atomic E-state index is 12.7. The van der Waals surface area contributed by atoms with Crippen LogP contribution in [0, 0.1) is 0 Å². The molecular weight excluding hydrogens is 289 g/mol. The van der Waals surface area contributed by atoms with Crippen molar-refractivity contribution >= 4 is 17.6 Å². The third kappa shape index (κ3) is 5.27. The number of anilines is 1. The number of carboxylic acids is 1. The summed E-state index contributed by atoms with van der Waals surface area (Å²) < 4.78 is 38.0. The molecule has 21 heavy (non-hydrogen) atoms. The molecule has 0 heterocycles. The van der Waals surface area contributed by atoms with Gasteiger partial charge in [-0.1, -0.05) is 6.08 Å². The van der Waals surface area contributed by atoms with E-state index in [1.54, 1.807) is 0 Å². The van der Waals surface area contributed by atoms with E-state index in [4.69, 9.17) is 5.11 Å². The standard InChI is InChI=1S/C13H13F3N2O3/c1-2-3-17-7-11(19)18-10-5-8(12(20)21)4-9(6-10)13(14,15)16/h2,4-6,17H,1,3,7H2,(H,18,19)(H,20,21). The highest BCUT2D eigenvalue weighted by Gasteiger charge is 2.32. The molecule has 0 bridgehead atoms. The number of halogens is 3. The number of alkyl halides is 3. The second-order valence-electron chi connectivity index (χ2n) is 4.07. The van der Waals surface area contributed by atoms with Crippen LogP contribution in [0.15, 0.2) is 30.9 Å². The Balaban J connectivity index is 2.95. The number of hydrogen-bond acceptors (Lipinski definition) is 3. The third-order valence-electron chi connectivity index (χ3n) is 2.37. The number of carbonyl (C=O) groups is 2. The lowest BCUT2D eigenvalue weighted by molar-refractivity contribution is -0.137. The monoisotopic (exact) mass is 302 g/mol. The van der Waals surface area contributed by atoms with Crippen molar-refractivity contribution in [2.75, 3.05) is 18.4 Å². The van der Waals surface area contributed by atoms with Crippen LogP contribution in [0.5, 0.6) is 0 Å². The number of rotatable bonds is 6. The Kier molecular flexibility index (Phi) is 5.48. The minimum absolute atomic E-state index is 0.134. The molecule has 0 aliphatic carbocycles. The van der Waals surface area contributed by atoms with Gasteiger partial charge in [-0.25, -0.2) is 4.79 Å². The normalized spacial score (nSPS) is 11.0. The lowest BCUT2D eigenvalue weighted by Crippen LogP contribution is -2.28. The first-order valence-corrected chi connectivity index (χ1v) is 5.81. The molecule has 0 aliphatic rings. The van der Waals surface area contributed by atoms with Crippen LogP contribution < -0.4 is 10.6 Å².